The van der Waals surface area contributed by atoms with Crippen LogP contribution in [-0.4, -0.2) is 0 Å². The van der Waals surface area contributed by atoms with Crippen molar-refractivity contribution in [3.63, 3.8) is 0 Å². The van der Waals surface area contributed by atoms with E-state index >= 15 is 0 Å². The number of nitrogens with zero attached hydrogens (tertiary/aromatic N) is 9. The van der Waals surface area contributed by atoms with Gasteiger partial charge < -0.3 is 33.2 Å². The Morgan fingerprint density at radius 2 is 0.500 bits per heavy atom. The fourth-order valence-electron chi connectivity index (χ4n) is 0. The molecule has 0 atom stereocenters. The summed E-state index contributed by atoms with van der Waals surface area (Å²) < 4.78 is 0. The normalized spacial score (nSPS) is 2.40. The molecule has 10 heteroatoms. The molecule has 10 heavy (non-hydrogen) atoms. The van der Waals surface area contributed by atoms with Crippen molar-refractivity contribution in [2.24, 2.45) is 0 Å². The third-order valence-electron chi connectivity index (χ3n) is 0. The standard InChI is InChI=1S/3N3.Nd/c3*1-3-2;/q3*-1;+3. The Hall–Kier alpha value is -0.719. The molecule has 0 spiro atoms. The largest absolute Gasteiger partial charge is 3.00 e. The van der Waals surface area contributed by atoms with Crippen molar-refractivity contribution in [3.8, 4) is 0 Å². The first-order chi connectivity index (χ1) is 4.24. The van der Waals surface area contributed by atoms with E-state index < -0.39 is 0 Å². The summed E-state index contributed by atoms with van der Waals surface area (Å²) >= 11 is 0. The van der Waals surface area contributed by atoms with Crippen LogP contribution in [0.1, 0.15) is 0 Å². The quantitative estimate of drug-likeness (QED) is 0.357. The van der Waals surface area contributed by atoms with Crippen molar-refractivity contribution in [2.75, 3.05) is 0 Å². The molecule has 0 bridgehead atoms. The van der Waals surface area contributed by atoms with E-state index in [0.717, 1.165) is 0 Å². The van der Waals surface area contributed by atoms with Crippen LogP contribution in [0.3, 0.4) is 0 Å². The minimum Gasteiger partial charge on any atom is -0.373 e. The molecule has 0 rings (SSSR count). The number of hydrogen-bond donors (Lipinski definition) is 0. The summed E-state index contributed by atoms with van der Waals surface area (Å²) in [4.78, 5) is 4.50. The first-order valence-electron chi connectivity index (χ1n) is 1.20. The number of rotatable bonds is 0. The summed E-state index contributed by atoms with van der Waals surface area (Å²) in [6.45, 7) is 0. The fraction of sp³-hybridized carbons (Fsp3) is 0. The van der Waals surface area contributed by atoms with Crippen LogP contribution >= 0.6 is 0 Å². The van der Waals surface area contributed by atoms with Gasteiger partial charge in [0.1, 0.15) is 0 Å². The SMILES string of the molecule is [N-]=[N+]=[N-].[N-]=[N+]=[N-].[N-]=[N+]=[N-].[Nd+3]. The van der Waals surface area contributed by atoms with Gasteiger partial charge in [0.25, 0.3) is 0 Å². The van der Waals surface area contributed by atoms with Gasteiger partial charge in [-0.05, 0) is 0 Å². The van der Waals surface area contributed by atoms with Crippen LogP contribution in [0.2, 0.25) is 0 Å². The van der Waals surface area contributed by atoms with Gasteiger partial charge in [0, 0.05) is 0 Å². The topological polar surface area (TPSA) is 176 Å². The Morgan fingerprint density at radius 3 is 0.500 bits per heavy atom. The van der Waals surface area contributed by atoms with Crippen LogP contribution in [-0.2, 0) is 0 Å². The Kier molecular flexibility index (Phi) is 193. The molecule has 0 aromatic rings. The predicted octanol–water partition coefficient (Wildman–Crippen LogP) is 2.60. The minimum atomic E-state index is 0. The summed E-state index contributed by atoms with van der Waals surface area (Å²) in [7, 11) is 0. The van der Waals surface area contributed by atoms with Gasteiger partial charge in [-0.15, -0.1) is 0 Å². The molecular weight excluding hydrogens is 270 g/mol. The van der Waals surface area contributed by atoms with E-state index in [2.05, 4.69) is 0 Å². The summed E-state index contributed by atoms with van der Waals surface area (Å²) in [5.74, 6) is 0. The van der Waals surface area contributed by atoms with Crippen LogP contribution in [0.15, 0.2) is 0 Å². The van der Waals surface area contributed by atoms with Gasteiger partial charge in [-0.25, -0.2) is 0 Å². The first kappa shape index (κ1) is 22.8. The molecule has 0 aliphatic heterocycles. The monoisotopic (exact) mass is 268 g/mol. The molecular formula is N9Nd. The average Bonchev–Trinajstić information content (AvgIpc) is 1.70. The van der Waals surface area contributed by atoms with Crippen LogP contribution in [0.4, 0.5) is 0 Å². The first-order valence-corrected chi connectivity index (χ1v) is 1.20. The van der Waals surface area contributed by atoms with Crippen LogP contribution in [0.5, 0.6) is 0 Å². The molecule has 0 aliphatic carbocycles. The smallest absolute Gasteiger partial charge is 0.373 e. The van der Waals surface area contributed by atoms with E-state index in [4.69, 9.17) is 33.2 Å². The molecule has 0 heterocycles. The van der Waals surface area contributed by atoms with Gasteiger partial charge in [0.2, 0.25) is 0 Å². The Bertz CT molecular complexity index is 96.3. The van der Waals surface area contributed by atoms with Crippen molar-refractivity contribution in [3.05, 3.63) is 47.9 Å². The van der Waals surface area contributed by atoms with Gasteiger partial charge in [0.05, 0.1) is 0 Å². The second-order valence-electron chi connectivity index (χ2n) is 0.268. The van der Waals surface area contributed by atoms with E-state index in [9.17, 15) is 0 Å². The second kappa shape index (κ2) is 84.4. The average molecular weight is 270 g/mol. The van der Waals surface area contributed by atoms with Gasteiger partial charge in [-0.2, -0.15) is 0 Å². The van der Waals surface area contributed by atoms with Gasteiger partial charge in [0.15, 0.2) is 0 Å². The Labute approximate surface area is 88.2 Å². The van der Waals surface area contributed by atoms with Gasteiger partial charge in [-0.1, -0.05) is 0 Å². The van der Waals surface area contributed by atoms with E-state index in [1.165, 1.54) is 14.7 Å². The fourth-order valence-corrected chi connectivity index (χ4v) is 0. The van der Waals surface area contributed by atoms with Crippen molar-refractivity contribution in [1.82, 2.24) is 0 Å². The van der Waals surface area contributed by atoms with Crippen LogP contribution in [0.25, 0.3) is 47.9 Å². The number of hydrogen-bond acceptors (Lipinski definition) is 0. The third kappa shape index (κ3) is 555. The van der Waals surface area contributed by atoms with E-state index in [-0.39, 0.29) is 40.8 Å². The summed E-state index contributed by atoms with van der Waals surface area (Å²) in [5.41, 5.74) is 40.5. The molecule has 0 saturated carbocycles. The molecule has 0 unspecified atom stereocenters. The van der Waals surface area contributed by atoms with E-state index in [1.807, 2.05) is 0 Å². The molecule has 0 aliphatic rings. The molecule has 0 aromatic heterocycles. The maximum absolute atomic E-state index is 6.75. The van der Waals surface area contributed by atoms with E-state index in [1.54, 1.807) is 0 Å². The predicted molar refractivity (Wildman–Crippen MR) is 30.2 cm³/mol. The Morgan fingerprint density at radius 1 is 0.500 bits per heavy atom. The molecule has 49 valence electrons. The third-order valence-corrected chi connectivity index (χ3v) is 0. The molecule has 0 saturated heterocycles. The molecule has 9 nitrogen and oxygen atoms in total. The summed E-state index contributed by atoms with van der Waals surface area (Å²) in [5, 5.41) is 0. The van der Waals surface area contributed by atoms with Gasteiger partial charge >= 0.3 is 40.8 Å². The second-order valence-corrected chi connectivity index (χ2v) is 0.268. The molecule has 0 aromatic carbocycles. The van der Waals surface area contributed by atoms with Crippen molar-refractivity contribution in [2.45, 2.75) is 0 Å². The maximum Gasteiger partial charge on any atom is 3.00 e. The van der Waals surface area contributed by atoms with E-state index in [0.29, 0.717) is 0 Å². The van der Waals surface area contributed by atoms with Crippen molar-refractivity contribution in [1.29, 1.82) is 0 Å². The molecule has 0 N–H and O–H groups in total. The zero-order chi connectivity index (χ0) is 8.12. The van der Waals surface area contributed by atoms with Crippen LogP contribution < -0.4 is 0 Å². The summed E-state index contributed by atoms with van der Waals surface area (Å²) in [6, 6.07) is 0. The van der Waals surface area contributed by atoms with Gasteiger partial charge in [-0.3, -0.25) is 14.7 Å². The molecule has 0 fully saturated rings. The summed E-state index contributed by atoms with van der Waals surface area (Å²) in [6.07, 6.45) is 0. The zero-order valence-corrected chi connectivity index (χ0v) is 7.73. The van der Waals surface area contributed by atoms with Crippen LogP contribution in [0, 0.1) is 40.8 Å². The minimum absolute atomic E-state index is 0. The maximum atomic E-state index is 6.75. The zero-order valence-electron chi connectivity index (χ0n) is 4.52. The Balaban J connectivity index is -0.0000000257. The van der Waals surface area contributed by atoms with Crippen molar-refractivity contribution >= 4 is 0 Å². The molecule has 0 amide bonds. The molecule has 1 radical (unpaired) electrons. The van der Waals surface area contributed by atoms with Crippen molar-refractivity contribution < 1.29 is 40.8 Å².